The number of nitrogens with zero attached hydrogens (tertiary/aromatic N) is 1. The molecule has 0 saturated carbocycles. The van der Waals surface area contributed by atoms with E-state index < -0.39 is 0 Å². The van der Waals surface area contributed by atoms with Gasteiger partial charge in [-0.05, 0) is 29.8 Å². The van der Waals surface area contributed by atoms with Crippen molar-refractivity contribution in [1.29, 1.82) is 0 Å². The summed E-state index contributed by atoms with van der Waals surface area (Å²) in [7, 11) is 0. The van der Waals surface area contributed by atoms with Crippen LogP contribution in [0.25, 0.3) is 20.8 Å². The topological polar surface area (TPSA) is 22.1 Å². The third kappa shape index (κ3) is 2.96. The van der Waals surface area contributed by atoms with E-state index in [0.29, 0.717) is 6.61 Å². The van der Waals surface area contributed by atoms with Gasteiger partial charge in [-0.3, -0.25) is 0 Å². The normalized spacial score (nSPS) is 10.8. The zero-order valence-corrected chi connectivity index (χ0v) is 13.3. The number of ether oxygens (including phenoxy) is 1. The molecule has 0 atom stereocenters. The van der Waals surface area contributed by atoms with Crippen LogP contribution in [0.4, 0.5) is 0 Å². The second kappa shape index (κ2) is 6.23. The van der Waals surface area contributed by atoms with Crippen LogP contribution in [-0.2, 0) is 6.61 Å². The van der Waals surface area contributed by atoms with E-state index >= 15 is 0 Å². The average Bonchev–Trinajstić information content (AvgIpc) is 3.05. The maximum Gasteiger partial charge on any atom is 0.130 e. The van der Waals surface area contributed by atoms with Gasteiger partial charge in [-0.15, -0.1) is 11.3 Å². The third-order valence-corrected chi connectivity index (χ3v) is 4.72. The second-order valence-electron chi connectivity index (χ2n) is 5.26. The lowest BCUT2D eigenvalue weighted by Crippen LogP contribution is -1.96. The van der Waals surface area contributed by atoms with E-state index in [1.54, 1.807) is 11.3 Å². The maximum absolute atomic E-state index is 6.04. The van der Waals surface area contributed by atoms with Gasteiger partial charge in [0.1, 0.15) is 17.4 Å². The van der Waals surface area contributed by atoms with Gasteiger partial charge < -0.3 is 4.74 Å². The monoisotopic (exact) mass is 317 g/mol. The molecule has 3 aromatic carbocycles. The van der Waals surface area contributed by atoms with Gasteiger partial charge >= 0.3 is 0 Å². The number of rotatable bonds is 4. The Balaban J connectivity index is 1.66. The Morgan fingerprint density at radius 1 is 0.783 bits per heavy atom. The predicted octanol–water partition coefficient (Wildman–Crippen LogP) is 5.54. The maximum atomic E-state index is 6.04. The summed E-state index contributed by atoms with van der Waals surface area (Å²) in [5, 5.41) is 0.995. The minimum atomic E-state index is 0.558. The summed E-state index contributed by atoms with van der Waals surface area (Å²) in [6.45, 7) is 0.558. The van der Waals surface area contributed by atoms with Crippen molar-refractivity contribution in [3.63, 3.8) is 0 Å². The molecule has 0 aliphatic heterocycles. The lowest BCUT2D eigenvalue weighted by molar-refractivity contribution is 0.307. The van der Waals surface area contributed by atoms with Crippen LogP contribution < -0.4 is 4.74 Å². The molecule has 4 rings (SSSR count). The van der Waals surface area contributed by atoms with Gasteiger partial charge in [0.25, 0.3) is 0 Å². The average molecular weight is 317 g/mol. The van der Waals surface area contributed by atoms with Gasteiger partial charge in [0.15, 0.2) is 0 Å². The first-order chi connectivity index (χ1) is 11.4. The molecule has 3 heteroatoms. The van der Waals surface area contributed by atoms with Crippen LogP contribution in [0.2, 0.25) is 0 Å². The highest BCUT2D eigenvalue weighted by Gasteiger charge is 2.11. The summed E-state index contributed by atoms with van der Waals surface area (Å²) < 4.78 is 7.24. The summed E-state index contributed by atoms with van der Waals surface area (Å²) in [6, 6.07) is 26.5. The minimum Gasteiger partial charge on any atom is -0.488 e. The number of aromatic nitrogens is 1. The highest BCUT2D eigenvalue weighted by atomic mass is 32.1. The largest absolute Gasteiger partial charge is 0.488 e. The summed E-state index contributed by atoms with van der Waals surface area (Å²) in [5.41, 5.74) is 3.24. The van der Waals surface area contributed by atoms with Crippen molar-refractivity contribution in [2.75, 3.05) is 0 Å². The van der Waals surface area contributed by atoms with Crippen molar-refractivity contribution >= 4 is 21.6 Å². The quantitative estimate of drug-likeness (QED) is 0.493. The lowest BCUT2D eigenvalue weighted by atomic mass is 10.2. The fraction of sp³-hybridized carbons (Fsp3) is 0.0500. The zero-order valence-electron chi connectivity index (χ0n) is 12.5. The van der Waals surface area contributed by atoms with Gasteiger partial charge in [0, 0.05) is 0 Å². The summed E-state index contributed by atoms with van der Waals surface area (Å²) >= 11 is 1.70. The zero-order chi connectivity index (χ0) is 15.5. The standard InChI is InChI=1S/C20H15NOS/c1-2-8-15(9-3-1)14-22-18-12-6-4-10-16(18)20-21-17-11-5-7-13-19(17)23-20/h1-13H,14H2. The van der Waals surface area contributed by atoms with Crippen molar-refractivity contribution in [3.05, 3.63) is 84.4 Å². The molecule has 2 nitrogen and oxygen atoms in total. The molecule has 0 radical (unpaired) electrons. The highest BCUT2D eigenvalue weighted by molar-refractivity contribution is 7.21. The van der Waals surface area contributed by atoms with Crippen LogP contribution in [0.15, 0.2) is 78.9 Å². The van der Waals surface area contributed by atoms with Crippen molar-refractivity contribution in [2.45, 2.75) is 6.61 Å². The van der Waals surface area contributed by atoms with E-state index in [2.05, 4.69) is 24.3 Å². The molecule has 0 bridgehead atoms. The molecule has 112 valence electrons. The van der Waals surface area contributed by atoms with Crippen LogP contribution in [0, 0.1) is 0 Å². The van der Waals surface area contributed by atoms with E-state index in [-0.39, 0.29) is 0 Å². The van der Waals surface area contributed by atoms with E-state index in [1.807, 2.05) is 54.6 Å². The Hall–Kier alpha value is -2.65. The molecule has 4 aromatic rings. The van der Waals surface area contributed by atoms with Crippen molar-refractivity contribution in [2.24, 2.45) is 0 Å². The summed E-state index contributed by atoms with van der Waals surface area (Å²) in [5.74, 6) is 0.871. The SMILES string of the molecule is c1ccc(COc2ccccc2-c2nc3ccccc3s2)cc1. The number of fused-ring (bicyclic) bond motifs is 1. The van der Waals surface area contributed by atoms with E-state index in [9.17, 15) is 0 Å². The lowest BCUT2D eigenvalue weighted by Gasteiger charge is -2.09. The van der Waals surface area contributed by atoms with E-state index in [4.69, 9.17) is 9.72 Å². The van der Waals surface area contributed by atoms with Gasteiger partial charge in [-0.25, -0.2) is 4.98 Å². The Bertz CT molecular complexity index is 897. The molecule has 0 amide bonds. The fourth-order valence-corrected chi connectivity index (χ4v) is 3.49. The van der Waals surface area contributed by atoms with Gasteiger partial charge in [0.05, 0.1) is 15.8 Å². The summed E-state index contributed by atoms with van der Waals surface area (Å²) in [4.78, 5) is 4.74. The molecule has 0 spiro atoms. The van der Waals surface area contributed by atoms with Gasteiger partial charge in [0.2, 0.25) is 0 Å². The van der Waals surface area contributed by atoms with Crippen LogP contribution in [0.1, 0.15) is 5.56 Å². The highest BCUT2D eigenvalue weighted by Crippen LogP contribution is 2.35. The second-order valence-corrected chi connectivity index (χ2v) is 6.29. The van der Waals surface area contributed by atoms with E-state index in [1.165, 1.54) is 4.70 Å². The van der Waals surface area contributed by atoms with Crippen molar-refractivity contribution < 1.29 is 4.74 Å². The number of para-hydroxylation sites is 2. The van der Waals surface area contributed by atoms with E-state index in [0.717, 1.165) is 27.4 Å². The minimum absolute atomic E-state index is 0.558. The van der Waals surface area contributed by atoms with Crippen LogP contribution in [-0.4, -0.2) is 4.98 Å². The first-order valence-electron chi connectivity index (χ1n) is 7.52. The molecule has 0 N–H and O–H groups in total. The molecule has 1 aromatic heterocycles. The van der Waals surface area contributed by atoms with Crippen LogP contribution >= 0.6 is 11.3 Å². The third-order valence-electron chi connectivity index (χ3n) is 3.65. The molecule has 1 heterocycles. The molecule has 0 fully saturated rings. The van der Waals surface area contributed by atoms with Crippen molar-refractivity contribution in [1.82, 2.24) is 4.98 Å². The smallest absolute Gasteiger partial charge is 0.130 e. The Morgan fingerprint density at radius 3 is 2.39 bits per heavy atom. The molecular weight excluding hydrogens is 302 g/mol. The van der Waals surface area contributed by atoms with Gasteiger partial charge in [-0.1, -0.05) is 54.6 Å². The molecular formula is C20H15NOS. The Morgan fingerprint density at radius 2 is 1.52 bits per heavy atom. The molecule has 0 aliphatic rings. The number of benzene rings is 3. The number of thiazole rings is 1. The Labute approximate surface area is 139 Å². The molecule has 0 unspecified atom stereocenters. The fourth-order valence-electron chi connectivity index (χ4n) is 2.49. The van der Waals surface area contributed by atoms with Crippen LogP contribution in [0.5, 0.6) is 5.75 Å². The number of hydrogen-bond acceptors (Lipinski definition) is 3. The van der Waals surface area contributed by atoms with Crippen molar-refractivity contribution in [3.8, 4) is 16.3 Å². The van der Waals surface area contributed by atoms with Crippen LogP contribution in [0.3, 0.4) is 0 Å². The number of hydrogen-bond donors (Lipinski definition) is 0. The first-order valence-corrected chi connectivity index (χ1v) is 8.33. The molecule has 0 saturated heterocycles. The molecule has 0 aliphatic carbocycles. The predicted molar refractivity (Wildman–Crippen MR) is 95.8 cm³/mol. The molecule has 23 heavy (non-hydrogen) atoms. The van der Waals surface area contributed by atoms with Gasteiger partial charge in [-0.2, -0.15) is 0 Å². The Kier molecular flexibility index (Phi) is 3.78. The first kappa shape index (κ1) is 14.0. The summed E-state index contributed by atoms with van der Waals surface area (Å²) in [6.07, 6.45) is 0.